The SMILES string of the molecule is O=C(O)c1cccc2ccc(-c3ccc4ccccc4c3)nc12. The lowest BCUT2D eigenvalue weighted by molar-refractivity contribution is 0.0699. The van der Waals surface area contributed by atoms with Crippen LogP contribution >= 0.6 is 0 Å². The fraction of sp³-hybridized carbons (Fsp3) is 0. The molecule has 0 atom stereocenters. The van der Waals surface area contributed by atoms with Gasteiger partial charge < -0.3 is 5.11 Å². The van der Waals surface area contributed by atoms with E-state index in [0.29, 0.717) is 5.52 Å². The molecule has 4 rings (SSSR count). The Morgan fingerprint density at radius 1 is 0.783 bits per heavy atom. The van der Waals surface area contributed by atoms with Crippen LogP contribution in [0.4, 0.5) is 0 Å². The van der Waals surface area contributed by atoms with E-state index in [1.54, 1.807) is 12.1 Å². The highest BCUT2D eigenvalue weighted by atomic mass is 16.4. The van der Waals surface area contributed by atoms with Crippen molar-refractivity contribution < 1.29 is 9.90 Å². The molecule has 0 saturated heterocycles. The summed E-state index contributed by atoms with van der Waals surface area (Å²) in [6.07, 6.45) is 0. The van der Waals surface area contributed by atoms with E-state index in [-0.39, 0.29) is 5.56 Å². The van der Waals surface area contributed by atoms with Gasteiger partial charge in [-0.05, 0) is 29.0 Å². The molecule has 0 bridgehead atoms. The number of hydrogen-bond donors (Lipinski definition) is 1. The first-order valence-electron chi connectivity index (χ1n) is 7.35. The molecule has 0 aliphatic carbocycles. The maximum absolute atomic E-state index is 11.4. The number of carboxylic acids is 1. The van der Waals surface area contributed by atoms with E-state index in [4.69, 9.17) is 0 Å². The zero-order valence-corrected chi connectivity index (χ0v) is 12.2. The molecule has 3 heteroatoms. The number of nitrogens with zero attached hydrogens (tertiary/aromatic N) is 1. The lowest BCUT2D eigenvalue weighted by Gasteiger charge is -2.07. The van der Waals surface area contributed by atoms with Gasteiger partial charge in [0.15, 0.2) is 0 Å². The number of pyridine rings is 1. The largest absolute Gasteiger partial charge is 0.478 e. The number of carboxylic acid groups (broad SMARTS) is 1. The van der Waals surface area contributed by atoms with Crippen molar-refractivity contribution in [1.29, 1.82) is 0 Å². The van der Waals surface area contributed by atoms with E-state index in [1.165, 1.54) is 5.39 Å². The monoisotopic (exact) mass is 299 g/mol. The highest BCUT2D eigenvalue weighted by Crippen LogP contribution is 2.26. The van der Waals surface area contributed by atoms with E-state index in [1.807, 2.05) is 36.4 Å². The number of carbonyl (C=O) groups is 1. The summed E-state index contributed by atoms with van der Waals surface area (Å²) in [5, 5.41) is 12.5. The molecular formula is C20H13NO2. The van der Waals surface area contributed by atoms with Crippen molar-refractivity contribution >= 4 is 27.6 Å². The molecule has 1 aromatic heterocycles. The average Bonchev–Trinajstić information content (AvgIpc) is 2.60. The van der Waals surface area contributed by atoms with Crippen LogP contribution in [0.5, 0.6) is 0 Å². The predicted molar refractivity (Wildman–Crippen MR) is 91.6 cm³/mol. The van der Waals surface area contributed by atoms with Crippen LogP contribution < -0.4 is 0 Å². The quantitative estimate of drug-likeness (QED) is 0.581. The van der Waals surface area contributed by atoms with E-state index in [0.717, 1.165) is 22.0 Å². The minimum atomic E-state index is -0.959. The van der Waals surface area contributed by atoms with E-state index >= 15 is 0 Å². The Labute approximate surface area is 132 Å². The summed E-state index contributed by atoms with van der Waals surface area (Å²) in [4.78, 5) is 16.0. The third-order valence-corrected chi connectivity index (χ3v) is 4.00. The van der Waals surface area contributed by atoms with Crippen LogP contribution in [-0.2, 0) is 0 Å². The van der Waals surface area contributed by atoms with Gasteiger partial charge in [0.25, 0.3) is 0 Å². The number of fused-ring (bicyclic) bond motifs is 2. The Morgan fingerprint density at radius 2 is 1.52 bits per heavy atom. The van der Waals surface area contributed by atoms with Crippen molar-refractivity contribution in [3.8, 4) is 11.3 Å². The number of benzene rings is 3. The summed E-state index contributed by atoms with van der Waals surface area (Å²) in [6.45, 7) is 0. The molecule has 0 unspecified atom stereocenters. The molecule has 3 nitrogen and oxygen atoms in total. The molecule has 4 aromatic rings. The van der Waals surface area contributed by atoms with E-state index < -0.39 is 5.97 Å². The van der Waals surface area contributed by atoms with Crippen LogP contribution in [0, 0.1) is 0 Å². The summed E-state index contributed by atoms with van der Waals surface area (Å²) in [5.74, 6) is -0.959. The first-order chi connectivity index (χ1) is 11.2. The fourth-order valence-electron chi connectivity index (χ4n) is 2.83. The molecule has 0 spiro atoms. The summed E-state index contributed by atoms with van der Waals surface area (Å²) in [6, 6.07) is 23.3. The van der Waals surface area contributed by atoms with E-state index in [9.17, 15) is 9.90 Å². The Balaban J connectivity index is 1.93. The first kappa shape index (κ1) is 13.5. The molecule has 0 saturated carbocycles. The molecule has 0 fully saturated rings. The van der Waals surface area contributed by atoms with Gasteiger partial charge in [0, 0.05) is 10.9 Å². The van der Waals surface area contributed by atoms with Crippen LogP contribution in [0.15, 0.2) is 72.8 Å². The number of aromatic carboxylic acids is 1. The third-order valence-electron chi connectivity index (χ3n) is 4.00. The lowest BCUT2D eigenvalue weighted by Crippen LogP contribution is -1.99. The maximum Gasteiger partial charge on any atom is 0.337 e. The van der Waals surface area contributed by atoms with Gasteiger partial charge in [-0.2, -0.15) is 0 Å². The van der Waals surface area contributed by atoms with Crippen molar-refractivity contribution in [2.45, 2.75) is 0 Å². The topological polar surface area (TPSA) is 50.2 Å². The minimum absolute atomic E-state index is 0.227. The summed E-state index contributed by atoms with van der Waals surface area (Å²) in [7, 11) is 0. The van der Waals surface area contributed by atoms with Crippen LogP contribution in [0.1, 0.15) is 10.4 Å². The van der Waals surface area contributed by atoms with Crippen molar-refractivity contribution in [3.63, 3.8) is 0 Å². The van der Waals surface area contributed by atoms with Crippen molar-refractivity contribution in [3.05, 3.63) is 78.4 Å². The molecule has 0 radical (unpaired) electrons. The van der Waals surface area contributed by atoms with Gasteiger partial charge in [-0.15, -0.1) is 0 Å². The molecule has 23 heavy (non-hydrogen) atoms. The molecule has 0 aliphatic heterocycles. The summed E-state index contributed by atoms with van der Waals surface area (Å²) < 4.78 is 0. The second-order valence-corrected chi connectivity index (χ2v) is 5.44. The first-order valence-corrected chi connectivity index (χ1v) is 7.35. The van der Waals surface area contributed by atoms with Gasteiger partial charge in [-0.3, -0.25) is 0 Å². The number of rotatable bonds is 2. The van der Waals surface area contributed by atoms with Crippen LogP contribution in [0.2, 0.25) is 0 Å². The van der Waals surface area contributed by atoms with Crippen LogP contribution in [0.25, 0.3) is 32.9 Å². The third kappa shape index (κ3) is 2.32. The smallest absolute Gasteiger partial charge is 0.337 e. The molecular weight excluding hydrogens is 286 g/mol. The number of hydrogen-bond acceptors (Lipinski definition) is 2. The predicted octanol–water partition coefficient (Wildman–Crippen LogP) is 4.75. The highest BCUT2D eigenvalue weighted by Gasteiger charge is 2.10. The zero-order valence-electron chi connectivity index (χ0n) is 12.2. The molecule has 0 amide bonds. The Bertz CT molecular complexity index is 1050. The fourth-order valence-corrected chi connectivity index (χ4v) is 2.83. The number of aromatic nitrogens is 1. The van der Waals surface area contributed by atoms with Gasteiger partial charge in [-0.1, -0.05) is 54.6 Å². The van der Waals surface area contributed by atoms with Gasteiger partial charge in [-0.25, -0.2) is 9.78 Å². The highest BCUT2D eigenvalue weighted by molar-refractivity contribution is 6.02. The maximum atomic E-state index is 11.4. The summed E-state index contributed by atoms with van der Waals surface area (Å²) in [5.41, 5.74) is 2.50. The molecule has 0 aliphatic rings. The normalized spacial score (nSPS) is 11.0. The van der Waals surface area contributed by atoms with Crippen molar-refractivity contribution in [1.82, 2.24) is 4.98 Å². The second kappa shape index (κ2) is 5.21. The second-order valence-electron chi connectivity index (χ2n) is 5.44. The van der Waals surface area contributed by atoms with Gasteiger partial charge in [0.05, 0.1) is 16.8 Å². The van der Waals surface area contributed by atoms with E-state index in [2.05, 4.69) is 29.2 Å². The molecule has 1 heterocycles. The average molecular weight is 299 g/mol. The van der Waals surface area contributed by atoms with Crippen molar-refractivity contribution in [2.75, 3.05) is 0 Å². The van der Waals surface area contributed by atoms with Crippen LogP contribution in [-0.4, -0.2) is 16.1 Å². The minimum Gasteiger partial charge on any atom is -0.478 e. The van der Waals surface area contributed by atoms with Gasteiger partial charge >= 0.3 is 5.97 Å². The Kier molecular flexibility index (Phi) is 3.05. The van der Waals surface area contributed by atoms with Gasteiger partial charge in [0.1, 0.15) is 0 Å². The summed E-state index contributed by atoms with van der Waals surface area (Å²) >= 11 is 0. The van der Waals surface area contributed by atoms with Gasteiger partial charge in [0.2, 0.25) is 0 Å². The van der Waals surface area contributed by atoms with Crippen LogP contribution in [0.3, 0.4) is 0 Å². The molecule has 3 aromatic carbocycles. The van der Waals surface area contributed by atoms with Crippen molar-refractivity contribution in [2.24, 2.45) is 0 Å². The molecule has 110 valence electrons. The molecule has 1 N–H and O–H groups in total. The lowest BCUT2D eigenvalue weighted by atomic mass is 10.0. The zero-order chi connectivity index (χ0) is 15.8. The number of para-hydroxylation sites is 1. The Morgan fingerprint density at radius 3 is 2.35 bits per heavy atom. The standard InChI is InChI=1S/C20H13NO2/c22-20(23)17-7-3-6-14-10-11-18(21-19(14)17)16-9-8-13-4-1-2-5-15(13)12-16/h1-12H,(H,22,23). The Hall–Kier alpha value is -3.20.